The summed E-state index contributed by atoms with van der Waals surface area (Å²) < 4.78 is 11.3. The van der Waals surface area contributed by atoms with Crippen LogP contribution in [0.15, 0.2) is 150 Å². The molecular formula is C43H24N2OS. The summed E-state index contributed by atoms with van der Waals surface area (Å²) in [7, 11) is 0. The Morgan fingerprint density at radius 3 is 2.15 bits per heavy atom. The van der Waals surface area contributed by atoms with Crippen molar-refractivity contribution in [2.45, 2.75) is 0 Å². The molecule has 0 saturated carbocycles. The molecule has 0 radical (unpaired) electrons. The summed E-state index contributed by atoms with van der Waals surface area (Å²) >= 11 is 1.83. The third-order valence-electron chi connectivity index (χ3n) is 9.42. The highest BCUT2D eigenvalue weighted by Crippen LogP contribution is 2.44. The number of furan rings is 1. The number of benzene rings is 7. The Bertz CT molecular complexity index is 2930. The average molecular weight is 617 g/mol. The lowest BCUT2D eigenvalue weighted by atomic mass is 9.94. The van der Waals surface area contributed by atoms with Crippen molar-refractivity contribution < 1.29 is 4.42 Å². The Morgan fingerprint density at radius 1 is 0.553 bits per heavy atom. The van der Waals surface area contributed by atoms with Crippen molar-refractivity contribution in [3.05, 3.63) is 151 Å². The largest absolute Gasteiger partial charge is 0.456 e. The van der Waals surface area contributed by atoms with Crippen LogP contribution in [0.3, 0.4) is 0 Å². The zero-order valence-corrected chi connectivity index (χ0v) is 25.9. The van der Waals surface area contributed by atoms with Gasteiger partial charge < -0.3 is 8.98 Å². The summed E-state index contributed by atoms with van der Waals surface area (Å²) in [6.45, 7) is 0. The van der Waals surface area contributed by atoms with Gasteiger partial charge in [-0.25, -0.2) is 0 Å². The summed E-state index contributed by atoms with van der Waals surface area (Å²) in [5.41, 5.74) is 9.88. The highest BCUT2D eigenvalue weighted by molar-refractivity contribution is 7.26. The molecule has 0 unspecified atom stereocenters. The van der Waals surface area contributed by atoms with E-state index in [0.717, 1.165) is 55.3 Å². The van der Waals surface area contributed by atoms with Crippen LogP contribution in [0.5, 0.6) is 0 Å². The topological polar surface area (TPSA) is 41.9 Å². The standard InChI is InChI=1S/C43H24N2OS/c44-25-26-10-1-2-11-30(26)27-22-28(31-15-9-16-35-33-13-5-8-19-40(33)47-43(31)35)24-29(23-27)45-37-17-6-3-12-32(37)34-20-21-39-41(42(34)45)36-14-4-7-18-38(36)46-39/h1-24H. The van der Waals surface area contributed by atoms with Crippen molar-refractivity contribution >= 4 is 75.3 Å². The fourth-order valence-electron chi connectivity index (χ4n) is 7.39. The monoisotopic (exact) mass is 616 g/mol. The Labute approximate surface area is 273 Å². The first kappa shape index (κ1) is 26.1. The zero-order chi connectivity index (χ0) is 31.1. The molecule has 0 atom stereocenters. The summed E-state index contributed by atoms with van der Waals surface area (Å²) in [4.78, 5) is 0. The third kappa shape index (κ3) is 3.78. The first-order valence-electron chi connectivity index (χ1n) is 15.7. The van der Waals surface area contributed by atoms with Gasteiger partial charge in [-0.2, -0.15) is 5.26 Å². The van der Waals surface area contributed by atoms with E-state index in [0.29, 0.717) is 5.56 Å². The minimum atomic E-state index is 0.654. The molecular weight excluding hydrogens is 593 g/mol. The Balaban J connectivity index is 1.36. The number of para-hydroxylation sites is 2. The van der Waals surface area contributed by atoms with Gasteiger partial charge in [-0.15, -0.1) is 11.3 Å². The van der Waals surface area contributed by atoms with Crippen molar-refractivity contribution in [2.24, 2.45) is 0 Å². The quantitative estimate of drug-likeness (QED) is 0.198. The van der Waals surface area contributed by atoms with Gasteiger partial charge in [-0.05, 0) is 76.9 Å². The van der Waals surface area contributed by atoms with E-state index in [4.69, 9.17) is 4.42 Å². The highest BCUT2D eigenvalue weighted by Gasteiger charge is 2.21. The molecule has 0 amide bonds. The number of hydrogen-bond acceptors (Lipinski definition) is 3. The van der Waals surface area contributed by atoms with Crippen LogP contribution in [0.2, 0.25) is 0 Å². The van der Waals surface area contributed by atoms with Gasteiger partial charge in [-0.3, -0.25) is 0 Å². The van der Waals surface area contributed by atoms with Crippen LogP contribution in [-0.4, -0.2) is 4.57 Å². The van der Waals surface area contributed by atoms with Crippen molar-refractivity contribution in [1.29, 1.82) is 5.26 Å². The number of fused-ring (bicyclic) bond motifs is 10. The number of rotatable bonds is 3. The van der Waals surface area contributed by atoms with Crippen LogP contribution >= 0.6 is 11.3 Å². The van der Waals surface area contributed by atoms with Crippen molar-refractivity contribution in [1.82, 2.24) is 4.57 Å². The minimum Gasteiger partial charge on any atom is -0.456 e. The lowest BCUT2D eigenvalue weighted by Crippen LogP contribution is -1.97. The minimum absolute atomic E-state index is 0.654. The van der Waals surface area contributed by atoms with Gasteiger partial charge in [-0.1, -0.05) is 91.0 Å². The molecule has 47 heavy (non-hydrogen) atoms. The van der Waals surface area contributed by atoms with Gasteiger partial charge >= 0.3 is 0 Å². The predicted octanol–water partition coefficient (Wildman–Crippen LogP) is 12.3. The molecule has 0 bridgehead atoms. The Hall–Kier alpha value is -6.15. The maximum atomic E-state index is 10.2. The smallest absolute Gasteiger partial charge is 0.137 e. The van der Waals surface area contributed by atoms with Gasteiger partial charge in [0.15, 0.2) is 0 Å². The maximum absolute atomic E-state index is 10.2. The van der Waals surface area contributed by atoms with E-state index in [9.17, 15) is 5.26 Å². The van der Waals surface area contributed by atoms with Gasteiger partial charge in [0.2, 0.25) is 0 Å². The molecule has 4 heteroatoms. The molecule has 0 N–H and O–H groups in total. The Morgan fingerprint density at radius 2 is 1.26 bits per heavy atom. The molecule has 10 aromatic rings. The second-order valence-electron chi connectivity index (χ2n) is 12.0. The molecule has 7 aromatic carbocycles. The van der Waals surface area contributed by atoms with Crippen LogP contribution < -0.4 is 0 Å². The van der Waals surface area contributed by atoms with Crippen molar-refractivity contribution in [3.8, 4) is 34.0 Å². The van der Waals surface area contributed by atoms with Gasteiger partial charge in [0.05, 0.1) is 28.1 Å². The lowest BCUT2D eigenvalue weighted by molar-refractivity contribution is 0.669. The van der Waals surface area contributed by atoms with E-state index in [1.165, 1.54) is 36.5 Å². The fourth-order valence-corrected chi connectivity index (χ4v) is 8.63. The number of nitrogens with zero attached hydrogens (tertiary/aromatic N) is 2. The highest BCUT2D eigenvalue weighted by atomic mass is 32.1. The van der Waals surface area contributed by atoms with E-state index in [-0.39, 0.29) is 0 Å². The number of hydrogen-bond donors (Lipinski definition) is 0. The van der Waals surface area contributed by atoms with Crippen molar-refractivity contribution in [3.63, 3.8) is 0 Å². The molecule has 3 heterocycles. The summed E-state index contributed by atoms with van der Waals surface area (Å²) in [6.07, 6.45) is 0. The maximum Gasteiger partial charge on any atom is 0.137 e. The first-order valence-corrected chi connectivity index (χ1v) is 16.5. The van der Waals surface area contributed by atoms with E-state index in [2.05, 4.69) is 126 Å². The second-order valence-corrected chi connectivity index (χ2v) is 13.0. The number of thiophene rings is 1. The molecule has 3 nitrogen and oxygen atoms in total. The SMILES string of the molecule is N#Cc1ccccc1-c1cc(-c2cccc3c2sc2ccccc23)cc(-n2c3ccccc3c3ccc4oc5ccccc5c4c32)c1. The van der Waals surface area contributed by atoms with E-state index in [1.54, 1.807) is 0 Å². The fraction of sp³-hybridized carbons (Fsp3) is 0. The lowest BCUT2D eigenvalue weighted by Gasteiger charge is -2.15. The molecule has 0 aliphatic rings. The third-order valence-corrected chi connectivity index (χ3v) is 10.6. The van der Waals surface area contributed by atoms with Gasteiger partial charge in [0.25, 0.3) is 0 Å². The van der Waals surface area contributed by atoms with Crippen LogP contribution in [0, 0.1) is 11.3 Å². The van der Waals surface area contributed by atoms with Crippen molar-refractivity contribution in [2.75, 3.05) is 0 Å². The number of nitriles is 1. The number of aromatic nitrogens is 1. The molecule has 218 valence electrons. The van der Waals surface area contributed by atoms with Crippen LogP contribution in [0.4, 0.5) is 0 Å². The average Bonchev–Trinajstić information content (AvgIpc) is 3.81. The molecule has 0 aliphatic carbocycles. The molecule has 0 spiro atoms. The van der Waals surface area contributed by atoms with E-state index in [1.807, 2.05) is 41.7 Å². The predicted molar refractivity (Wildman–Crippen MR) is 197 cm³/mol. The van der Waals surface area contributed by atoms with Gasteiger partial charge in [0.1, 0.15) is 11.2 Å². The van der Waals surface area contributed by atoms with E-state index < -0.39 is 0 Å². The second kappa shape index (κ2) is 9.92. The molecule has 0 fully saturated rings. The van der Waals surface area contributed by atoms with Crippen LogP contribution in [0.1, 0.15) is 5.56 Å². The molecule has 3 aromatic heterocycles. The Kier molecular flexibility index (Phi) is 5.51. The molecule has 0 saturated heterocycles. The van der Waals surface area contributed by atoms with Crippen LogP contribution in [0.25, 0.3) is 91.9 Å². The zero-order valence-electron chi connectivity index (χ0n) is 25.1. The molecule has 0 aliphatic heterocycles. The normalized spacial score (nSPS) is 11.8. The first-order chi connectivity index (χ1) is 23.3. The summed E-state index contributed by atoms with van der Waals surface area (Å²) in [6, 6.07) is 53.6. The molecule has 10 rings (SSSR count). The van der Waals surface area contributed by atoms with Gasteiger partial charge in [0, 0.05) is 42.0 Å². The van der Waals surface area contributed by atoms with Crippen LogP contribution in [-0.2, 0) is 0 Å². The summed E-state index contributed by atoms with van der Waals surface area (Å²) in [5, 5.41) is 17.3. The summed E-state index contributed by atoms with van der Waals surface area (Å²) in [5.74, 6) is 0. The van der Waals surface area contributed by atoms with E-state index >= 15 is 0 Å².